The maximum Gasteiger partial charge on any atom is 0.242 e. The summed E-state index contributed by atoms with van der Waals surface area (Å²) in [6, 6.07) is -0.193. The van der Waals surface area contributed by atoms with Crippen molar-refractivity contribution in [1.29, 1.82) is 0 Å². The van der Waals surface area contributed by atoms with Crippen LogP contribution in [0.5, 0.6) is 0 Å². The van der Waals surface area contributed by atoms with Crippen LogP contribution < -0.4 is 5.32 Å². The molecule has 1 aliphatic heterocycles. The minimum absolute atomic E-state index is 0.0858. The van der Waals surface area contributed by atoms with Crippen molar-refractivity contribution in [2.75, 3.05) is 46.3 Å². The smallest absolute Gasteiger partial charge is 0.242 e. The number of rotatable bonds is 6. The number of carbonyl (C=O) groups is 1. The van der Waals surface area contributed by atoms with E-state index >= 15 is 0 Å². The maximum absolute atomic E-state index is 12.3. The molecule has 2 heterocycles. The quantitative estimate of drug-likeness (QED) is 0.836. The van der Waals surface area contributed by atoms with Gasteiger partial charge in [0.15, 0.2) is 0 Å². The Balaban J connectivity index is 1.45. The zero-order valence-electron chi connectivity index (χ0n) is 13.7. The van der Waals surface area contributed by atoms with Crippen LogP contribution in [0.25, 0.3) is 0 Å². The van der Waals surface area contributed by atoms with E-state index in [4.69, 9.17) is 0 Å². The summed E-state index contributed by atoms with van der Waals surface area (Å²) in [7, 11) is 2.18. The molecule has 1 saturated carbocycles. The first-order valence-electron chi connectivity index (χ1n) is 8.24. The number of nitrogens with one attached hydrogen (secondary N) is 1. The number of carbonyl (C=O) groups excluding carboxylic acids is 1. The number of nitrogens with zero attached hydrogens (tertiary/aromatic N) is 4. The summed E-state index contributed by atoms with van der Waals surface area (Å²) >= 11 is 0. The number of imidazole rings is 1. The number of amides is 1. The van der Waals surface area contributed by atoms with E-state index in [-0.39, 0.29) is 11.9 Å². The standard InChI is InChI=1S/C16H27N5O/c1-14(21-6-5-17-13-21)15(22)18-11-16(3-4-16)12-20-9-7-19(2)8-10-20/h5-6,13-14H,3-4,7-12H2,1-2H3,(H,18,22). The molecule has 1 aromatic rings. The van der Waals surface area contributed by atoms with Crippen molar-refractivity contribution in [3.05, 3.63) is 18.7 Å². The van der Waals surface area contributed by atoms with Gasteiger partial charge in [-0.3, -0.25) is 4.79 Å². The first-order chi connectivity index (χ1) is 10.6. The van der Waals surface area contributed by atoms with Crippen LogP contribution in [-0.4, -0.2) is 71.6 Å². The predicted octanol–water partition coefficient (Wildman–Crippen LogP) is 0.588. The average Bonchev–Trinajstić information content (AvgIpc) is 3.06. The van der Waals surface area contributed by atoms with E-state index in [9.17, 15) is 4.79 Å². The molecular formula is C16H27N5O. The molecule has 1 N–H and O–H groups in total. The Hall–Kier alpha value is -1.40. The van der Waals surface area contributed by atoms with Gasteiger partial charge in [-0.1, -0.05) is 0 Å². The molecule has 2 fully saturated rings. The van der Waals surface area contributed by atoms with Gasteiger partial charge in [0, 0.05) is 57.1 Å². The van der Waals surface area contributed by atoms with Crippen LogP contribution in [0.3, 0.4) is 0 Å². The third-order valence-electron chi connectivity index (χ3n) is 5.10. The zero-order chi connectivity index (χ0) is 15.6. The Kier molecular flexibility index (Phi) is 4.49. The third kappa shape index (κ3) is 3.67. The zero-order valence-corrected chi connectivity index (χ0v) is 13.7. The Labute approximate surface area is 132 Å². The summed E-state index contributed by atoms with van der Waals surface area (Å²) in [5.74, 6) is 0.0858. The fourth-order valence-corrected chi connectivity index (χ4v) is 3.10. The van der Waals surface area contributed by atoms with Crippen molar-refractivity contribution >= 4 is 5.91 Å². The van der Waals surface area contributed by atoms with Gasteiger partial charge in [-0.15, -0.1) is 0 Å². The van der Waals surface area contributed by atoms with Crippen LogP contribution in [0.4, 0.5) is 0 Å². The van der Waals surface area contributed by atoms with Crippen LogP contribution in [0, 0.1) is 5.41 Å². The summed E-state index contributed by atoms with van der Waals surface area (Å²) in [4.78, 5) is 21.2. The van der Waals surface area contributed by atoms with Crippen LogP contribution >= 0.6 is 0 Å². The lowest BCUT2D eigenvalue weighted by atomic mass is 10.1. The molecule has 0 spiro atoms. The summed E-state index contributed by atoms with van der Waals surface area (Å²) in [6.45, 7) is 8.45. The van der Waals surface area contributed by atoms with Crippen LogP contribution in [0.1, 0.15) is 25.8 Å². The van der Waals surface area contributed by atoms with E-state index in [1.54, 1.807) is 12.5 Å². The molecule has 1 atom stereocenters. The SMILES string of the molecule is CC(C(=O)NCC1(CN2CCN(C)CC2)CC1)n1ccnc1. The van der Waals surface area contributed by atoms with E-state index in [2.05, 4.69) is 27.1 Å². The van der Waals surface area contributed by atoms with E-state index in [0.29, 0.717) is 5.41 Å². The Morgan fingerprint density at radius 2 is 2.05 bits per heavy atom. The summed E-state index contributed by atoms with van der Waals surface area (Å²) in [5.41, 5.74) is 0.320. The van der Waals surface area contributed by atoms with E-state index in [1.165, 1.54) is 12.8 Å². The molecule has 6 heteroatoms. The Morgan fingerprint density at radius 3 is 2.64 bits per heavy atom. The lowest BCUT2D eigenvalue weighted by Gasteiger charge is -2.35. The van der Waals surface area contributed by atoms with Gasteiger partial charge < -0.3 is 19.7 Å². The molecule has 0 bridgehead atoms. The van der Waals surface area contributed by atoms with Crippen LogP contribution in [0.15, 0.2) is 18.7 Å². The van der Waals surface area contributed by atoms with Crippen molar-refractivity contribution in [3.8, 4) is 0 Å². The predicted molar refractivity (Wildman–Crippen MR) is 85.6 cm³/mol. The molecular weight excluding hydrogens is 278 g/mol. The van der Waals surface area contributed by atoms with Crippen molar-refractivity contribution in [3.63, 3.8) is 0 Å². The van der Waals surface area contributed by atoms with Gasteiger partial charge in [0.05, 0.1) is 6.33 Å². The van der Waals surface area contributed by atoms with E-state index < -0.39 is 0 Å². The van der Waals surface area contributed by atoms with Gasteiger partial charge in [0.2, 0.25) is 5.91 Å². The minimum atomic E-state index is -0.193. The second kappa shape index (κ2) is 6.38. The van der Waals surface area contributed by atoms with Crippen LogP contribution in [0.2, 0.25) is 0 Å². The fraction of sp³-hybridized carbons (Fsp3) is 0.750. The topological polar surface area (TPSA) is 53.4 Å². The molecule has 1 aromatic heterocycles. The average molecular weight is 305 g/mol. The lowest BCUT2D eigenvalue weighted by molar-refractivity contribution is -0.124. The number of aromatic nitrogens is 2. The van der Waals surface area contributed by atoms with Gasteiger partial charge in [0.25, 0.3) is 0 Å². The molecule has 0 radical (unpaired) electrons. The van der Waals surface area contributed by atoms with Gasteiger partial charge in [-0.25, -0.2) is 4.98 Å². The third-order valence-corrected chi connectivity index (χ3v) is 5.10. The fourth-order valence-electron chi connectivity index (χ4n) is 3.10. The molecule has 0 aromatic carbocycles. The molecule has 22 heavy (non-hydrogen) atoms. The van der Waals surface area contributed by atoms with Gasteiger partial charge in [-0.2, -0.15) is 0 Å². The monoisotopic (exact) mass is 305 g/mol. The summed E-state index contributed by atoms with van der Waals surface area (Å²) < 4.78 is 1.84. The molecule has 6 nitrogen and oxygen atoms in total. The highest BCUT2D eigenvalue weighted by Gasteiger charge is 2.44. The number of hydrogen-bond donors (Lipinski definition) is 1. The highest BCUT2D eigenvalue weighted by atomic mass is 16.2. The lowest BCUT2D eigenvalue weighted by Crippen LogP contribution is -2.48. The number of piperazine rings is 1. The summed E-state index contributed by atoms with van der Waals surface area (Å²) in [5, 5.41) is 3.15. The first kappa shape index (κ1) is 15.5. The molecule has 1 saturated heterocycles. The van der Waals surface area contributed by atoms with Crippen molar-refractivity contribution in [1.82, 2.24) is 24.7 Å². The van der Waals surface area contributed by atoms with Gasteiger partial charge >= 0.3 is 0 Å². The molecule has 3 rings (SSSR count). The number of likely N-dealkylation sites (N-methyl/N-ethyl adjacent to an activating group) is 1. The van der Waals surface area contributed by atoms with Gasteiger partial charge in [0.1, 0.15) is 6.04 Å². The first-order valence-corrected chi connectivity index (χ1v) is 8.24. The van der Waals surface area contributed by atoms with Crippen LogP contribution in [-0.2, 0) is 4.79 Å². The maximum atomic E-state index is 12.3. The molecule has 122 valence electrons. The second-order valence-electron chi connectivity index (χ2n) is 6.98. The van der Waals surface area contributed by atoms with E-state index in [0.717, 1.165) is 39.3 Å². The second-order valence-corrected chi connectivity index (χ2v) is 6.98. The Bertz CT molecular complexity index is 489. The van der Waals surface area contributed by atoms with Crippen molar-refractivity contribution in [2.24, 2.45) is 5.41 Å². The van der Waals surface area contributed by atoms with Crippen molar-refractivity contribution in [2.45, 2.75) is 25.8 Å². The highest BCUT2D eigenvalue weighted by molar-refractivity contribution is 5.79. The largest absolute Gasteiger partial charge is 0.354 e. The normalized spacial score (nSPS) is 23.2. The highest BCUT2D eigenvalue weighted by Crippen LogP contribution is 2.45. The number of hydrogen-bond acceptors (Lipinski definition) is 4. The molecule has 2 aliphatic rings. The molecule has 1 amide bonds. The molecule has 1 unspecified atom stereocenters. The van der Waals surface area contributed by atoms with E-state index in [1.807, 2.05) is 17.7 Å². The minimum Gasteiger partial charge on any atom is -0.354 e. The Morgan fingerprint density at radius 1 is 1.32 bits per heavy atom. The van der Waals surface area contributed by atoms with Gasteiger partial charge in [-0.05, 0) is 26.8 Å². The molecule has 1 aliphatic carbocycles. The van der Waals surface area contributed by atoms with Crippen molar-refractivity contribution < 1.29 is 4.79 Å². The summed E-state index contributed by atoms with van der Waals surface area (Å²) in [6.07, 6.45) is 7.71.